The molecule has 1 saturated heterocycles. The molecule has 0 radical (unpaired) electrons. The molecule has 4 rings (SSSR count). The van der Waals surface area contributed by atoms with Gasteiger partial charge in [0.25, 0.3) is 0 Å². The van der Waals surface area contributed by atoms with Gasteiger partial charge in [-0.15, -0.1) is 11.3 Å². The van der Waals surface area contributed by atoms with Crippen molar-refractivity contribution in [3.8, 4) is 0 Å². The molecule has 0 aliphatic carbocycles. The summed E-state index contributed by atoms with van der Waals surface area (Å²) in [5.41, 5.74) is 2.15. The molecule has 158 valence electrons. The van der Waals surface area contributed by atoms with Crippen molar-refractivity contribution in [3.63, 3.8) is 0 Å². The molecule has 0 bridgehead atoms. The van der Waals surface area contributed by atoms with E-state index in [1.165, 1.54) is 12.1 Å². The number of aromatic nitrogens is 1. The number of rotatable bonds is 5. The minimum absolute atomic E-state index is 0.120. The number of halogens is 3. The summed E-state index contributed by atoms with van der Waals surface area (Å²) in [6.07, 6.45) is 1.79. The molecule has 1 aliphatic rings. The summed E-state index contributed by atoms with van der Waals surface area (Å²) in [5.74, 6) is 0. The highest BCUT2D eigenvalue weighted by atomic mass is 35.5. The van der Waals surface area contributed by atoms with Crippen molar-refractivity contribution in [3.05, 3.63) is 74.2 Å². The van der Waals surface area contributed by atoms with Gasteiger partial charge in [-0.1, -0.05) is 46.9 Å². The highest BCUT2D eigenvalue weighted by Gasteiger charge is 2.33. The van der Waals surface area contributed by atoms with Gasteiger partial charge in [0.2, 0.25) is 0 Å². The van der Waals surface area contributed by atoms with Crippen LogP contribution in [-0.2, 0) is 16.3 Å². The molecule has 1 fully saturated rings. The van der Waals surface area contributed by atoms with Crippen LogP contribution in [0.5, 0.6) is 0 Å². The second kappa shape index (κ2) is 9.05. The molecular weight excluding hydrogens is 483 g/mol. The molecule has 1 aromatic heterocycles. The number of sulfone groups is 1. The fraction of sp³-hybridized carbons (Fsp3) is 0.286. The molecule has 9 heteroatoms. The smallest absolute Gasteiger partial charge is 0.185 e. The molecule has 0 amide bonds. The SMILES string of the molecule is O=S(=O)(c1cc(Cl)ccc1Cl)C1CCN(c2nc(Cc3ccc(Cl)cc3)cs2)CC1. The number of hydrogen-bond acceptors (Lipinski definition) is 5. The molecule has 4 nitrogen and oxygen atoms in total. The predicted molar refractivity (Wildman–Crippen MR) is 125 cm³/mol. The Labute approximate surface area is 195 Å². The fourth-order valence-electron chi connectivity index (χ4n) is 3.57. The molecule has 1 aliphatic heterocycles. The maximum absolute atomic E-state index is 13.1. The van der Waals surface area contributed by atoms with Crippen LogP contribution in [0.2, 0.25) is 15.1 Å². The van der Waals surface area contributed by atoms with E-state index in [4.69, 9.17) is 39.8 Å². The van der Waals surface area contributed by atoms with E-state index in [9.17, 15) is 8.42 Å². The van der Waals surface area contributed by atoms with Gasteiger partial charge in [0, 0.05) is 34.9 Å². The van der Waals surface area contributed by atoms with E-state index in [1.807, 2.05) is 24.3 Å². The molecule has 2 aromatic carbocycles. The van der Waals surface area contributed by atoms with Gasteiger partial charge in [0.05, 0.1) is 20.9 Å². The van der Waals surface area contributed by atoms with Crippen LogP contribution in [0.3, 0.4) is 0 Å². The molecule has 0 saturated carbocycles. The first-order chi connectivity index (χ1) is 14.3. The third-order valence-corrected chi connectivity index (χ3v) is 9.37. The van der Waals surface area contributed by atoms with Gasteiger partial charge in [-0.3, -0.25) is 0 Å². The molecule has 2 heterocycles. The Hall–Kier alpha value is -1.31. The van der Waals surface area contributed by atoms with Crippen molar-refractivity contribution < 1.29 is 8.42 Å². The first-order valence-corrected chi connectivity index (χ1v) is 13.0. The Bertz CT molecular complexity index is 1140. The summed E-state index contributed by atoms with van der Waals surface area (Å²) in [4.78, 5) is 7.02. The van der Waals surface area contributed by atoms with Crippen LogP contribution in [0.25, 0.3) is 0 Å². The van der Waals surface area contributed by atoms with Crippen molar-refractivity contribution in [2.75, 3.05) is 18.0 Å². The maximum Gasteiger partial charge on any atom is 0.185 e. The third-order valence-electron chi connectivity index (χ3n) is 5.19. The number of thiazole rings is 1. The van der Waals surface area contributed by atoms with Gasteiger partial charge in [0.15, 0.2) is 15.0 Å². The highest BCUT2D eigenvalue weighted by molar-refractivity contribution is 7.92. The lowest BCUT2D eigenvalue weighted by Gasteiger charge is -2.31. The normalized spacial score (nSPS) is 15.5. The van der Waals surface area contributed by atoms with Crippen molar-refractivity contribution >= 4 is 61.1 Å². The largest absolute Gasteiger partial charge is 0.348 e. The molecule has 0 atom stereocenters. The van der Waals surface area contributed by atoms with Crippen LogP contribution in [0.1, 0.15) is 24.1 Å². The van der Waals surface area contributed by atoms with Crippen LogP contribution in [0, 0.1) is 0 Å². The molecular formula is C21H19Cl3N2O2S2. The zero-order valence-electron chi connectivity index (χ0n) is 15.9. The lowest BCUT2D eigenvalue weighted by Crippen LogP contribution is -2.39. The van der Waals surface area contributed by atoms with E-state index in [0.717, 1.165) is 27.8 Å². The zero-order chi connectivity index (χ0) is 21.3. The second-order valence-electron chi connectivity index (χ2n) is 7.23. The van der Waals surface area contributed by atoms with Crippen LogP contribution in [0.4, 0.5) is 5.13 Å². The van der Waals surface area contributed by atoms with Gasteiger partial charge >= 0.3 is 0 Å². The second-order valence-corrected chi connectivity index (χ2v) is 11.5. The zero-order valence-corrected chi connectivity index (χ0v) is 19.8. The summed E-state index contributed by atoms with van der Waals surface area (Å²) in [6.45, 7) is 1.27. The average Bonchev–Trinajstić information content (AvgIpc) is 3.20. The average molecular weight is 502 g/mol. The monoisotopic (exact) mass is 500 g/mol. The van der Waals surface area contributed by atoms with Gasteiger partial charge in [-0.25, -0.2) is 13.4 Å². The van der Waals surface area contributed by atoms with E-state index in [1.54, 1.807) is 17.4 Å². The lowest BCUT2D eigenvalue weighted by atomic mass is 10.1. The third kappa shape index (κ3) is 4.78. The van der Waals surface area contributed by atoms with Crippen LogP contribution in [0.15, 0.2) is 52.7 Å². The quantitative estimate of drug-likeness (QED) is 0.421. The molecule has 3 aromatic rings. The first-order valence-electron chi connectivity index (χ1n) is 9.45. The van der Waals surface area contributed by atoms with Gasteiger partial charge in [-0.2, -0.15) is 0 Å². The Kier molecular flexibility index (Phi) is 6.61. The first kappa shape index (κ1) is 21.9. The summed E-state index contributed by atoms with van der Waals surface area (Å²) in [6, 6.07) is 12.3. The van der Waals surface area contributed by atoms with Crippen LogP contribution < -0.4 is 4.90 Å². The number of benzene rings is 2. The Morgan fingerprint density at radius 2 is 1.67 bits per heavy atom. The predicted octanol–water partition coefficient (Wildman–Crippen LogP) is 6.14. The van der Waals surface area contributed by atoms with E-state index in [0.29, 0.717) is 31.0 Å². The van der Waals surface area contributed by atoms with Crippen molar-refractivity contribution in [2.45, 2.75) is 29.4 Å². The summed E-state index contributed by atoms with van der Waals surface area (Å²) in [7, 11) is -3.53. The fourth-order valence-corrected chi connectivity index (χ4v) is 7.07. The van der Waals surface area contributed by atoms with Crippen LogP contribution >= 0.6 is 46.1 Å². The number of hydrogen-bond donors (Lipinski definition) is 0. The number of nitrogens with zero attached hydrogens (tertiary/aromatic N) is 2. The van der Waals surface area contributed by atoms with Gasteiger partial charge in [-0.05, 0) is 48.7 Å². The van der Waals surface area contributed by atoms with Crippen molar-refractivity contribution in [1.82, 2.24) is 4.98 Å². The Morgan fingerprint density at radius 3 is 2.37 bits per heavy atom. The minimum atomic E-state index is -3.53. The van der Waals surface area contributed by atoms with E-state index < -0.39 is 15.1 Å². The van der Waals surface area contributed by atoms with Crippen molar-refractivity contribution in [2.24, 2.45) is 0 Å². The summed E-state index contributed by atoms with van der Waals surface area (Å²) < 4.78 is 26.1. The Balaban J connectivity index is 1.42. The maximum atomic E-state index is 13.1. The summed E-state index contributed by atoms with van der Waals surface area (Å²) in [5, 5.41) is 3.81. The van der Waals surface area contributed by atoms with E-state index in [2.05, 4.69) is 10.3 Å². The Morgan fingerprint density at radius 1 is 1.00 bits per heavy atom. The molecule has 0 spiro atoms. The number of anilines is 1. The van der Waals surface area contributed by atoms with Crippen molar-refractivity contribution in [1.29, 1.82) is 0 Å². The van der Waals surface area contributed by atoms with Gasteiger partial charge in [0.1, 0.15) is 0 Å². The summed E-state index contributed by atoms with van der Waals surface area (Å²) >= 11 is 19.7. The highest BCUT2D eigenvalue weighted by Crippen LogP contribution is 2.33. The number of piperidine rings is 1. The van der Waals surface area contributed by atoms with Crippen LogP contribution in [-0.4, -0.2) is 31.7 Å². The lowest BCUT2D eigenvalue weighted by molar-refractivity contribution is 0.529. The van der Waals surface area contributed by atoms with E-state index >= 15 is 0 Å². The standard InChI is InChI=1S/C21H19Cl3N2O2S2/c22-15-3-1-14(2-4-15)11-17-13-29-21(25-17)26-9-7-18(8-10-26)30(27,28)20-12-16(23)5-6-19(20)24/h1-6,12-13,18H,7-11H2. The molecule has 30 heavy (non-hydrogen) atoms. The molecule has 0 unspecified atom stereocenters. The topological polar surface area (TPSA) is 50.3 Å². The van der Waals surface area contributed by atoms with Gasteiger partial charge < -0.3 is 4.90 Å². The minimum Gasteiger partial charge on any atom is -0.348 e. The molecule has 0 N–H and O–H groups in total. The van der Waals surface area contributed by atoms with E-state index in [-0.39, 0.29) is 9.92 Å².